The first-order valence-electron chi connectivity index (χ1n) is 8.13. The summed E-state index contributed by atoms with van der Waals surface area (Å²) in [4.78, 5) is 22.1. The van der Waals surface area contributed by atoms with Gasteiger partial charge in [0.05, 0.1) is 30.4 Å². The van der Waals surface area contributed by atoms with Crippen LogP contribution in [0.5, 0.6) is 0 Å². The van der Waals surface area contributed by atoms with E-state index in [2.05, 4.69) is 10.5 Å². The van der Waals surface area contributed by atoms with E-state index in [1.54, 1.807) is 0 Å². The van der Waals surface area contributed by atoms with Crippen LogP contribution in [0.2, 0.25) is 0 Å². The number of carbonyl (C=O) groups excluding carboxylic acids is 1. The number of nitrogens with one attached hydrogen (secondary N) is 1. The summed E-state index contributed by atoms with van der Waals surface area (Å²) in [7, 11) is -3.73. The number of hydrazone groups is 1. The van der Waals surface area contributed by atoms with Gasteiger partial charge in [-0.1, -0.05) is 6.07 Å². The molecule has 1 N–H and O–H groups in total. The van der Waals surface area contributed by atoms with Crippen molar-refractivity contribution in [2.75, 3.05) is 26.3 Å². The van der Waals surface area contributed by atoms with Gasteiger partial charge < -0.3 is 9.15 Å². The van der Waals surface area contributed by atoms with Crippen LogP contribution >= 0.6 is 0 Å². The van der Waals surface area contributed by atoms with Crippen molar-refractivity contribution in [3.63, 3.8) is 0 Å². The molecule has 11 nitrogen and oxygen atoms in total. The molecule has 1 amide bonds. The van der Waals surface area contributed by atoms with Crippen molar-refractivity contribution in [1.82, 2.24) is 9.73 Å². The van der Waals surface area contributed by atoms with Crippen LogP contribution in [-0.4, -0.2) is 56.1 Å². The Kier molecular flexibility index (Phi) is 5.82. The van der Waals surface area contributed by atoms with Gasteiger partial charge in [-0.2, -0.15) is 9.41 Å². The predicted octanol–water partition coefficient (Wildman–Crippen LogP) is 0.973. The average molecular weight is 408 g/mol. The second-order valence-corrected chi connectivity index (χ2v) is 7.61. The number of furan rings is 1. The summed E-state index contributed by atoms with van der Waals surface area (Å²) in [5.74, 6) is -1.01. The number of morpholine rings is 1. The van der Waals surface area contributed by atoms with Gasteiger partial charge in [-0.25, -0.2) is 13.8 Å². The summed E-state index contributed by atoms with van der Waals surface area (Å²) < 4.78 is 36.6. The molecule has 0 atom stereocenters. The van der Waals surface area contributed by atoms with Gasteiger partial charge >= 0.3 is 5.88 Å². The third-order valence-electron chi connectivity index (χ3n) is 3.85. The number of carbonyl (C=O) groups is 1. The number of hydrogen-bond donors (Lipinski definition) is 1. The molecule has 0 saturated carbocycles. The minimum Gasteiger partial charge on any atom is -0.400 e. The zero-order chi connectivity index (χ0) is 20.1. The first-order chi connectivity index (χ1) is 13.4. The van der Waals surface area contributed by atoms with E-state index in [4.69, 9.17) is 9.15 Å². The van der Waals surface area contributed by atoms with Crippen LogP contribution in [0.1, 0.15) is 16.1 Å². The Morgan fingerprint density at radius 1 is 1.25 bits per heavy atom. The maximum Gasteiger partial charge on any atom is 0.433 e. The van der Waals surface area contributed by atoms with Crippen molar-refractivity contribution in [3.8, 4) is 0 Å². The molecule has 1 aromatic carbocycles. The molecule has 28 heavy (non-hydrogen) atoms. The number of benzene rings is 1. The molecule has 1 aliphatic rings. The molecule has 0 spiro atoms. The predicted molar refractivity (Wildman–Crippen MR) is 96.4 cm³/mol. The van der Waals surface area contributed by atoms with Gasteiger partial charge in [-0.05, 0) is 24.3 Å². The first kappa shape index (κ1) is 19.7. The summed E-state index contributed by atoms with van der Waals surface area (Å²) in [6.45, 7) is 1.13. The van der Waals surface area contributed by atoms with Gasteiger partial charge in [0.25, 0.3) is 5.91 Å². The number of sulfonamides is 1. The molecule has 0 unspecified atom stereocenters. The van der Waals surface area contributed by atoms with Crippen molar-refractivity contribution in [2.24, 2.45) is 5.10 Å². The van der Waals surface area contributed by atoms with Crippen LogP contribution < -0.4 is 5.43 Å². The Bertz CT molecular complexity index is 1010. The van der Waals surface area contributed by atoms with Crippen molar-refractivity contribution < 1.29 is 27.3 Å². The average Bonchev–Trinajstić information content (AvgIpc) is 3.18. The minimum absolute atomic E-state index is 0.00677. The molecule has 148 valence electrons. The minimum atomic E-state index is -3.73. The fraction of sp³-hybridized carbons (Fsp3) is 0.250. The summed E-state index contributed by atoms with van der Waals surface area (Å²) in [6, 6.07) is 8.05. The standard InChI is InChI=1S/C16H16N4O7S/c21-16(18-17-11-13-4-5-15(27-13)20(22)23)12-2-1-3-14(10-12)28(24,25)19-6-8-26-9-7-19/h1-5,10-11H,6-9H2,(H,18,21)/b17-11-. The fourth-order valence-electron chi connectivity index (χ4n) is 2.46. The molecule has 2 heterocycles. The third kappa shape index (κ3) is 4.42. The maximum atomic E-state index is 12.7. The van der Waals surface area contributed by atoms with Crippen LogP contribution in [0.25, 0.3) is 0 Å². The van der Waals surface area contributed by atoms with Crippen LogP contribution in [0.4, 0.5) is 5.88 Å². The summed E-state index contributed by atoms with van der Waals surface area (Å²) >= 11 is 0. The third-order valence-corrected chi connectivity index (χ3v) is 5.75. The molecule has 0 radical (unpaired) electrons. The van der Waals surface area contributed by atoms with Crippen LogP contribution in [0.3, 0.4) is 0 Å². The van der Waals surface area contributed by atoms with Crippen molar-refractivity contribution in [2.45, 2.75) is 4.90 Å². The molecule has 3 rings (SSSR count). The summed E-state index contributed by atoms with van der Waals surface area (Å²) in [5.41, 5.74) is 2.31. The van der Waals surface area contributed by atoms with Crippen molar-refractivity contribution in [1.29, 1.82) is 0 Å². The number of nitrogens with zero attached hydrogens (tertiary/aromatic N) is 3. The normalized spacial score (nSPS) is 15.6. The molecule has 1 saturated heterocycles. The summed E-state index contributed by atoms with van der Waals surface area (Å²) in [5, 5.41) is 14.2. The zero-order valence-corrected chi connectivity index (χ0v) is 15.3. The molecule has 1 aromatic heterocycles. The molecule has 2 aromatic rings. The van der Waals surface area contributed by atoms with Gasteiger partial charge in [0.15, 0.2) is 5.76 Å². The van der Waals surface area contributed by atoms with E-state index in [0.717, 1.165) is 12.3 Å². The van der Waals surface area contributed by atoms with E-state index in [-0.39, 0.29) is 29.3 Å². The van der Waals surface area contributed by atoms with Gasteiger partial charge in [0.2, 0.25) is 10.0 Å². The maximum absolute atomic E-state index is 12.7. The summed E-state index contributed by atoms with van der Waals surface area (Å²) in [6.07, 6.45) is 1.10. The number of nitro groups is 1. The lowest BCUT2D eigenvalue weighted by atomic mass is 10.2. The Morgan fingerprint density at radius 3 is 2.68 bits per heavy atom. The highest BCUT2D eigenvalue weighted by Crippen LogP contribution is 2.18. The monoisotopic (exact) mass is 408 g/mol. The Hall–Kier alpha value is -3.09. The van der Waals surface area contributed by atoms with Gasteiger partial charge in [-0.15, -0.1) is 0 Å². The Balaban J connectivity index is 1.69. The van der Waals surface area contributed by atoms with Crippen LogP contribution in [0.15, 0.2) is 50.8 Å². The van der Waals surface area contributed by atoms with Gasteiger partial charge in [0, 0.05) is 18.7 Å². The Labute approximate surface area is 159 Å². The smallest absolute Gasteiger partial charge is 0.400 e. The lowest BCUT2D eigenvalue weighted by molar-refractivity contribution is -0.402. The molecule has 12 heteroatoms. The number of ether oxygens (including phenoxy) is 1. The second kappa shape index (κ2) is 8.29. The fourth-order valence-corrected chi connectivity index (χ4v) is 3.92. The molecule has 0 bridgehead atoms. The van der Waals surface area contributed by atoms with Crippen molar-refractivity contribution >= 4 is 28.0 Å². The van der Waals surface area contributed by atoms with E-state index < -0.39 is 26.7 Å². The lowest BCUT2D eigenvalue weighted by Gasteiger charge is -2.26. The SMILES string of the molecule is O=C(N/N=C\c1ccc([N+](=O)[O-])o1)c1cccc(S(=O)(=O)N2CCOCC2)c1. The number of rotatable bonds is 6. The highest BCUT2D eigenvalue weighted by atomic mass is 32.2. The van der Waals surface area contributed by atoms with Crippen LogP contribution in [-0.2, 0) is 14.8 Å². The van der Waals surface area contributed by atoms with E-state index in [0.29, 0.717) is 13.2 Å². The number of hydrogen-bond acceptors (Lipinski definition) is 8. The number of amides is 1. The van der Waals surface area contributed by atoms with E-state index in [1.165, 1.54) is 34.6 Å². The lowest BCUT2D eigenvalue weighted by Crippen LogP contribution is -2.40. The van der Waals surface area contributed by atoms with E-state index >= 15 is 0 Å². The van der Waals surface area contributed by atoms with E-state index in [9.17, 15) is 23.3 Å². The van der Waals surface area contributed by atoms with E-state index in [1.807, 2.05) is 0 Å². The zero-order valence-electron chi connectivity index (χ0n) is 14.5. The van der Waals surface area contributed by atoms with Gasteiger partial charge in [-0.3, -0.25) is 14.9 Å². The molecular weight excluding hydrogens is 392 g/mol. The Morgan fingerprint density at radius 2 is 2.00 bits per heavy atom. The first-order valence-corrected chi connectivity index (χ1v) is 9.57. The largest absolute Gasteiger partial charge is 0.433 e. The highest BCUT2D eigenvalue weighted by molar-refractivity contribution is 7.89. The molecule has 1 aliphatic heterocycles. The second-order valence-electron chi connectivity index (χ2n) is 5.68. The molecule has 1 fully saturated rings. The topological polar surface area (TPSA) is 144 Å². The quantitative estimate of drug-likeness (QED) is 0.426. The molecular formula is C16H16N4O7S. The van der Waals surface area contributed by atoms with Gasteiger partial charge in [0.1, 0.15) is 4.92 Å². The molecule has 0 aliphatic carbocycles. The van der Waals surface area contributed by atoms with Crippen LogP contribution in [0, 0.1) is 10.1 Å². The van der Waals surface area contributed by atoms with Crippen molar-refractivity contribution in [3.05, 3.63) is 57.8 Å². The highest BCUT2D eigenvalue weighted by Gasteiger charge is 2.26.